The van der Waals surface area contributed by atoms with E-state index < -0.39 is 0 Å². The number of amides is 1. The van der Waals surface area contributed by atoms with E-state index in [1.807, 2.05) is 30.3 Å². The molecule has 1 saturated heterocycles. The fourth-order valence-corrected chi connectivity index (χ4v) is 3.76. The predicted molar refractivity (Wildman–Crippen MR) is 102 cm³/mol. The van der Waals surface area contributed by atoms with E-state index in [-0.39, 0.29) is 17.7 Å². The quantitative estimate of drug-likeness (QED) is 0.868. The highest BCUT2D eigenvalue weighted by Crippen LogP contribution is 2.34. The van der Waals surface area contributed by atoms with E-state index in [1.165, 1.54) is 0 Å². The van der Waals surface area contributed by atoms with Gasteiger partial charge in [0.15, 0.2) is 0 Å². The maximum atomic E-state index is 12.6. The summed E-state index contributed by atoms with van der Waals surface area (Å²) in [6.45, 7) is 1.24. The molecule has 134 valence electrons. The molecule has 26 heavy (non-hydrogen) atoms. The second-order valence-corrected chi connectivity index (χ2v) is 7.13. The first-order valence-corrected chi connectivity index (χ1v) is 9.16. The highest BCUT2D eigenvalue weighted by atomic mass is 35.5. The number of phenols is 1. The largest absolute Gasteiger partial charge is 0.508 e. The molecule has 2 aromatic rings. The molecule has 0 unspecified atom stereocenters. The van der Waals surface area contributed by atoms with Gasteiger partial charge < -0.3 is 15.3 Å². The van der Waals surface area contributed by atoms with E-state index in [1.54, 1.807) is 12.1 Å². The molecule has 0 bridgehead atoms. The SMILES string of the molecule is O=C(NCCc1ccc(O)cc1)[C@@H]1CCC2=Nc3ccc(Cl)cc3CN21. The second-order valence-electron chi connectivity index (χ2n) is 6.69. The summed E-state index contributed by atoms with van der Waals surface area (Å²) >= 11 is 6.09. The number of phenolic OH excluding ortho intramolecular Hbond substituents is 1. The Bertz CT molecular complexity index is 864. The average Bonchev–Trinajstić information content (AvgIpc) is 3.04. The zero-order chi connectivity index (χ0) is 18.1. The maximum absolute atomic E-state index is 12.6. The van der Waals surface area contributed by atoms with E-state index in [2.05, 4.69) is 10.2 Å². The third-order valence-corrected chi connectivity index (χ3v) is 5.17. The van der Waals surface area contributed by atoms with Crippen molar-refractivity contribution in [2.24, 2.45) is 4.99 Å². The van der Waals surface area contributed by atoms with Crippen LogP contribution in [0.25, 0.3) is 0 Å². The van der Waals surface area contributed by atoms with Gasteiger partial charge in [0.25, 0.3) is 0 Å². The number of nitrogens with one attached hydrogen (secondary N) is 1. The molecule has 5 nitrogen and oxygen atoms in total. The van der Waals surface area contributed by atoms with Gasteiger partial charge in [-0.1, -0.05) is 23.7 Å². The molecule has 0 radical (unpaired) electrons. The van der Waals surface area contributed by atoms with Gasteiger partial charge in [-0.25, -0.2) is 4.99 Å². The standard InChI is InChI=1S/C20H20ClN3O2/c21-15-3-6-17-14(11-15)12-24-18(7-8-19(24)23-17)20(26)22-10-9-13-1-4-16(25)5-2-13/h1-6,11,18,25H,7-10,12H2,(H,22,26)/t18-/m0/s1. The highest BCUT2D eigenvalue weighted by molar-refractivity contribution is 6.30. The lowest BCUT2D eigenvalue weighted by Gasteiger charge is -2.30. The number of amidine groups is 1. The zero-order valence-electron chi connectivity index (χ0n) is 14.3. The van der Waals surface area contributed by atoms with Crippen molar-refractivity contribution in [1.29, 1.82) is 0 Å². The Morgan fingerprint density at radius 1 is 1.27 bits per heavy atom. The summed E-state index contributed by atoms with van der Waals surface area (Å²) in [5.74, 6) is 1.28. The van der Waals surface area contributed by atoms with Gasteiger partial charge in [0.2, 0.25) is 5.91 Å². The summed E-state index contributed by atoms with van der Waals surface area (Å²) in [5, 5.41) is 13.0. The van der Waals surface area contributed by atoms with Crippen LogP contribution in [0.5, 0.6) is 5.75 Å². The number of hydrogen-bond donors (Lipinski definition) is 2. The van der Waals surface area contributed by atoms with Crippen molar-refractivity contribution in [3.8, 4) is 5.75 Å². The molecule has 0 saturated carbocycles. The van der Waals surface area contributed by atoms with Crippen molar-refractivity contribution in [2.75, 3.05) is 6.54 Å². The van der Waals surface area contributed by atoms with Gasteiger partial charge in [-0.2, -0.15) is 0 Å². The van der Waals surface area contributed by atoms with Crippen molar-refractivity contribution in [3.63, 3.8) is 0 Å². The van der Waals surface area contributed by atoms with Gasteiger partial charge in [0, 0.05) is 24.5 Å². The second kappa shape index (κ2) is 7.00. The van der Waals surface area contributed by atoms with Gasteiger partial charge in [0.05, 0.1) is 5.69 Å². The van der Waals surface area contributed by atoms with Crippen molar-refractivity contribution in [3.05, 3.63) is 58.6 Å². The minimum Gasteiger partial charge on any atom is -0.508 e. The minimum absolute atomic E-state index is 0.0412. The van der Waals surface area contributed by atoms with Crippen LogP contribution in [0.4, 0.5) is 5.69 Å². The van der Waals surface area contributed by atoms with Gasteiger partial charge in [0.1, 0.15) is 17.6 Å². The maximum Gasteiger partial charge on any atom is 0.242 e. The molecule has 2 aliphatic rings. The summed E-state index contributed by atoms with van der Waals surface area (Å²) < 4.78 is 0. The first-order valence-electron chi connectivity index (χ1n) is 8.78. The number of benzene rings is 2. The summed E-state index contributed by atoms with van der Waals surface area (Å²) in [5.41, 5.74) is 3.09. The third kappa shape index (κ3) is 3.40. The lowest BCUT2D eigenvalue weighted by Crippen LogP contribution is -2.45. The lowest BCUT2D eigenvalue weighted by molar-refractivity contribution is -0.124. The topological polar surface area (TPSA) is 64.9 Å². The molecular formula is C20H20ClN3O2. The van der Waals surface area contributed by atoms with Crippen LogP contribution < -0.4 is 5.32 Å². The number of aliphatic imine (C=N–C) groups is 1. The van der Waals surface area contributed by atoms with Crippen LogP contribution in [0.15, 0.2) is 47.5 Å². The Hall–Kier alpha value is -2.53. The molecule has 2 aliphatic heterocycles. The van der Waals surface area contributed by atoms with E-state index in [9.17, 15) is 9.90 Å². The summed E-state index contributed by atoms with van der Waals surface area (Å²) in [6.07, 6.45) is 2.34. The minimum atomic E-state index is -0.180. The third-order valence-electron chi connectivity index (χ3n) is 4.93. The van der Waals surface area contributed by atoms with Crippen molar-refractivity contribution >= 4 is 29.0 Å². The molecule has 2 heterocycles. The number of fused-ring (bicyclic) bond motifs is 2. The molecule has 1 atom stereocenters. The van der Waals surface area contributed by atoms with Crippen molar-refractivity contribution in [2.45, 2.75) is 31.8 Å². The fourth-order valence-electron chi connectivity index (χ4n) is 3.56. The monoisotopic (exact) mass is 369 g/mol. The van der Waals surface area contributed by atoms with Crippen LogP contribution in [0.2, 0.25) is 5.02 Å². The zero-order valence-corrected chi connectivity index (χ0v) is 15.0. The molecule has 1 amide bonds. The van der Waals surface area contributed by atoms with Gasteiger partial charge >= 0.3 is 0 Å². The molecule has 4 rings (SSSR count). The van der Waals surface area contributed by atoms with Gasteiger partial charge in [-0.15, -0.1) is 0 Å². The normalized spacial score (nSPS) is 18.1. The molecule has 1 fully saturated rings. The predicted octanol–water partition coefficient (Wildman–Crippen LogP) is 3.41. The van der Waals surface area contributed by atoms with E-state index >= 15 is 0 Å². The summed E-state index contributed by atoms with van der Waals surface area (Å²) in [7, 11) is 0. The van der Waals surface area contributed by atoms with E-state index in [4.69, 9.17) is 16.6 Å². The first-order chi connectivity index (χ1) is 12.6. The van der Waals surface area contributed by atoms with Crippen LogP contribution in [-0.4, -0.2) is 34.3 Å². The van der Waals surface area contributed by atoms with Crippen LogP contribution in [0.3, 0.4) is 0 Å². The Labute approximate surface area is 157 Å². The van der Waals surface area contributed by atoms with E-state index in [0.717, 1.165) is 41.9 Å². The van der Waals surface area contributed by atoms with Crippen molar-refractivity contribution < 1.29 is 9.90 Å². The molecule has 2 N–H and O–H groups in total. The smallest absolute Gasteiger partial charge is 0.242 e. The van der Waals surface area contributed by atoms with Gasteiger partial charge in [-0.05, 0) is 54.3 Å². The number of hydrogen-bond acceptors (Lipinski definition) is 4. The first kappa shape index (κ1) is 16.9. The number of carbonyl (C=O) groups excluding carboxylic acids is 1. The Balaban J connectivity index is 1.38. The molecule has 0 aliphatic carbocycles. The van der Waals surface area contributed by atoms with E-state index in [0.29, 0.717) is 18.1 Å². The fraction of sp³-hybridized carbons (Fsp3) is 0.300. The number of rotatable bonds is 4. The van der Waals surface area contributed by atoms with Crippen molar-refractivity contribution in [1.82, 2.24) is 10.2 Å². The highest BCUT2D eigenvalue weighted by Gasteiger charge is 2.36. The summed E-state index contributed by atoms with van der Waals surface area (Å²) in [6, 6.07) is 12.6. The Kier molecular flexibility index (Phi) is 4.55. The Morgan fingerprint density at radius 2 is 2.08 bits per heavy atom. The summed E-state index contributed by atoms with van der Waals surface area (Å²) in [4.78, 5) is 19.4. The van der Waals surface area contributed by atoms with Crippen LogP contribution in [-0.2, 0) is 17.8 Å². The molecule has 0 aromatic heterocycles. The number of carbonyl (C=O) groups is 1. The Morgan fingerprint density at radius 3 is 2.88 bits per heavy atom. The molecule has 6 heteroatoms. The lowest BCUT2D eigenvalue weighted by atomic mass is 10.1. The molecule has 2 aromatic carbocycles. The van der Waals surface area contributed by atoms with Crippen LogP contribution in [0.1, 0.15) is 24.0 Å². The van der Waals surface area contributed by atoms with Gasteiger partial charge in [-0.3, -0.25) is 4.79 Å². The molecule has 0 spiro atoms. The average molecular weight is 370 g/mol. The van der Waals surface area contributed by atoms with Crippen LogP contribution >= 0.6 is 11.6 Å². The number of halogens is 1. The number of nitrogens with zero attached hydrogens (tertiary/aromatic N) is 2. The van der Waals surface area contributed by atoms with Crippen LogP contribution in [0, 0.1) is 0 Å². The molecular weight excluding hydrogens is 350 g/mol. The number of aromatic hydroxyl groups is 1.